The van der Waals surface area contributed by atoms with Gasteiger partial charge in [-0.2, -0.15) is 0 Å². The molecule has 0 saturated heterocycles. The fourth-order valence-corrected chi connectivity index (χ4v) is 2.76. The van der Waals surface area contributed by atoms with Gasteiger partial charge in [-0.25, -0.2) is 4.39 Å². The van der Waals surface area contributed by atoms with E-state index in [1.807, 2.05) is 20.8 Å². The first-order valence-electron chi connectivity index (χ1n) is 6.76. The van der Waals surface area contributed by atoms with Crippen LogP contribution in [0.5, 0.6) is 0 Å². The van der Waals surface area contributed by atoms with Crippen LogP contribution < -0.4 is 0 Å². The Morgan fingerprint density at radius 2 is 1.84 bits per heavy atom. The SMILES string of the molecule is C[C@H]1C[C@@H](C(=O)OC(C)(C)C)[C@@H]1c1ccc(F)cc1. The molecule has 2 nitrogen and oxygen atoms in total. The molecule has 0 radical (unpaired) electrons. The van der Waals surface area contributed by atoms with Crippen LogP contribution in [0.2, 0.25) is 0 Å². The highest BCUT2D eigenvalue weighted by Gasteiger charge is 2.45. The van der Waals surface area contributed by atoms with Crippen molar-refractivity contribution in [2.75, 3.05) is 0 Å². The zero-order valence-electron chi connectivity index (χ0n) is 11.9. The Morgan fingerprint density at radius 1 is 1.26 bits per heavy atom. The Kier molecular flexibility index (Phi) is 3.66. The van der Waals surface area contributed by atoms with Gasteiger partial charge in [-0.05, 0) is 56.7 Å². The van der Waals surface area contributed by atoms with E-state index in [1.165, 1.54) is 12.1 Å². The van der Waals surface area contributed by atoms with Crippen LogP contribution in [0.1, 0.15) is 45.6 Å². The van der Waals surface area contributed by atoms with Gasteiger partial charge in [0.25, 0.3) is 0 Å². The summed E-state index contributed by atoms with van der Waals surface area (Å²) in [5.41, 5.74) is 0.569. The second kappa shape index (κ2) is 4.95. The zero-order chi connectivity index (χ0) is 14.2. The zero-order valence-corrected chi connectivity index (χ0v) is 11.9. The molecule has 0 aromatic heterocycles. The molecule has 0 unspecified atom stereocenters. The summed E-state index contributed by atoms with van der Waals surface area (Å²) in [4.78, 5) is 12.1. The Morgan fingerprint density at radius 3 is 2.32 bits per heavy atom. The first-order valence-corrected chi connectivity index (χ1v) is 6.76. The number of rotatable bonds is 2. The van der Waals surface area contributed by atoms with Crippen LogP contribution in [0.15, 0.2) is 24.3 Å². The number of hydrogen-bond donors (Lipinski definition) is 0. The molecule has 0 bridgehead atoms. The lowest BCUT2D eigenvalue weighted by Gasteiger charge is -2.42. The molecule has 0 aliphatic heterocycles. The lowest BCUT2D eigenvalue weighted by molar-refractivity contribution is -0.166. The summed E-state index contributed by atoms with van der Waals surface area (Å²) < 4.78 is 18.4. The minimum atomic E-state index is -0.455. The van der Waals surface area contributed by atoms with E-state index in [4.69, 9.17) is 4.74 Å². The topological polar surface area (TPSA) is 26.3 Å². The fourth-order valence-electron chi connectivity index (χ4n) is 2.76. The maximum Gasteiger partial charge on any atom is 0.310 e. The van der Waals surface area contributed by atoms with E-state index in [2.05, 4.69) is 6.92 Å². The van der Waals surface area contributed by atoms with Gasteiger partial charge in [0.2, 0.25) is 0 Å². The number of ether oxygens (including phenoxy) is 1. The average molecular weight is 264 g/mol. The lowest BCUT2D eigenvalue weighted by Crippen LogP contribution is -2.41. The Labute approximate surface area is 114 Å². The third kappa shape index (κ3) is 3.14. The molecular formula is C16H21FO2. The predicted octanol–water partition coefficient (Wildman–Crippen LogP) is 3.91. The van der Waals surface area contributed by atoms with Crippen molar-refractivity contribution in [3.63, 3.8) is 0 Å². The van der Waals surface area contributed by atoms with Crippen LogP contribution in [0, 0.1) is 17.7 Å². The van der Waals surface area contributed by atoms with Crippen molar-refractivity contribution in [2.45, 2.75) is 45.6 Å². The predicted molar refractivity (Wildman–Crippen MR) is 72.3 cm³/mol. The standard InChI is InChI=1S/C16H21FO2/c1-10-9-13(15(18)19-16(2,3)4)14(10)11-5-7-12(17)8-6-11/h5-8,10,13-14H,9H2,1-4H3/t10-,13+,14-/m0/s1. The van der Waals surface area contributed by atoms with E-state index in [9.17, 15) is 9.18 Å². The molecule has 2 rings (SSSR count). The molecule has 0 spiro atoms. The van der Waals surface area contributed by atoms with Gasteiger partial charge in [-0.15, -0.1) is 0 Å². The van der Waals surface area contributed by atoms with Crippen molar-refractivity contribution in [3.8, 4) is 0 Å². The number of halogens is 1. The molecular weight excluding hydrogens is 243 g/mol. The fraction of sp³-hybridized carbons (Fsp3) is 0.562. The summed E-state index contributed by atoms with van der Waals surface area (Å²) in [6.07, 6.45) is 0.844. The van der Waals surface area contributed by atoms with Crippen molar-refractivity contribution >= 4 is 5.97 Å². The third-order valence-corrected chi connectivity index (χ3v) is 3.64. The highest BCUT2D eigenvalue weighted by molar-refractivity contribution is 5.75. The van der Waals surface area contributed by atoms with Gasteiger partial charge < -0.3 is 4.74 Å². The van der Waals surface area contributed by atoms with Crippen molar-refractivity contribution in [2.24, 2.45) is 11.8 Å². The van der Waals surface area contributed by atoms with E-state index < -0.39 is 5.60 Å². The summed E-state index contributed by atoms with van der Waals surface area (Å²) in [6, 6.07) is 6.44. The molecule has 0 amide bonds. The minimum absolute atomic E-state index is 0.0975. The summed E-state index contributed by atoms with van der Waals surface area (Å²) in [7, 11) is 0. The molecule has 1 aliphatic rings. The Bertz CT molecular complexity index is 459. The van der Waals surface area contributed by atoms with Gasteiger partial charge >= 0.3 is 5.97 Å². The van der Waals surface area contributed by atoms with Gasteiger partial charge in [0.1, 0.15) is 11.4 Å². The Hall–Kier alpha value is -1.38. The molecule has 1 fully saturated rings. The van der Waals surface area contributed by atoms with E-state index in [-0.39, 0.29) is 23.6 Å². The molecule has 1 aromatic carbocycles. The van der Waals surface area contributed by atoms with Crippen LogP contribution in [0.3, 0.4) is 0 Å². The summed E-state index contributed by atoms with van der Waals surface area (Å²) in [5.74, 6) is 0.0996. The van der Waals surface area contributed by atoms with E-state index in [0.29, 0.717) is 5.92 Å². The second-order valence-corrected chi connectivity index (χ2v) is 6.43. The second-order valence-electron chi connectivity index (χ2n) is 6.43. The number of carbonyl (C=O) groups is 1. The first kappa shape index (κ1) is 14.0. The average Bonchev–Trinajstić information content (AvgIpc) is 2.26. The number of benzene rings is 1. The molecule has 0 N–H and O–H groups in total. The summed E-state index contributed by atoms with van der Waals surface area (Å²) in [6.45, 7) is 7.74. The van der Waals surface area contributed by atoms with Crippen LogP contribution in [-0.4, -0.2) is 11.6 Å². The molecule has 1 saturated carbocycles. The largest absolute Gasteiger partial charge is 0.460 e. The van der Waals surface area contributed by atoms with Gasteiger partial charge in [-0.3, -0.25) is 4.79 Å². The van der Waals surface area contributed by atoms with Crippen molar-refractivity contribution in [1.29, 1.82) is 0 Å². The number of esters is 1. The molecule has 0 heterocycles. The van der Waals surface area contributed by atoms with E-state index in [0.717, 1.165) is 12.0 Å². The minimum Gasteiger partial charge on any atom is -0.460 e. The van der Waals surface area contributed by atoms with Gasteiger partial charge in [-0.1, -0.05) is 19.1 Å². The van der Waals surface area contributed by atoms with Crippen molar-refractivity contribution < 1.29 is 13.9 Å². The molecule has 104 valence electrons. The van der Waals surface area contributed by atoms with Crippen LogP contribution in [-0.2, 0) is 9.53 Å². The van der Waals surface area contributed by atoms with Crippen molar-refractivity contribution in [3.05, 3.63) is 35.6 Å². The quantitative estimate of drug-likeness (QED) is 0.757. The van der Waals surface area contributed by atoms with Crippen molar-refractivity contribution in [1.82, 2.24) is 0 Å². The summed E-state index contributed by atoms with van der Waals surface area (Å²) >= 11 is 0. The highest BCUT2D eigenvalue weighted by Crippen LogP contribution is 2.48. The molecule has 1 aromatic rings. The lowest BCUT2D eigenvalue weighted by atomic mass is 9.62. The molecule has 19 heavy (non-hydrogen) atoms. The normalized spacial score (nSPS) is 26.7. The van der Waals surface area contributed by atoms with E-state index in [1.54, 1.807) is 12.1 Å². The van der Waals surface area contributed by atoms with Gasteiger partial charge in [0, 0.05) is 0 Å². The third-order valence-electron chi connectivity index (χ3n) is 3.64. The summed E-state index contributed by atoms with van der Waals surface area (Å²) in [5, 5.41) is 0. The van der Waals surface area contributed by atoms with Crippen LogP contribution in [0.25, 0.3) is 0 Å². The maximum atomic E-state index is 13.0. The molecule has 3 heteroatoms. The van der Waals surface area contributed by atoms with Gasteiger partial charge in [0.15, 0.2) is 0 Å². The molecule has 1 aliphatic carbocycles. The highest BCUT2D eigenvalue weighted by atomic mass is 19.1. The van der Waals surface area contributed by atoms with E-state index >= 15 is 0 Å². The van der Waals surface area contributed by atoms with Gasteiger partial charge in [0.05, 0.1) is 5.92 Å². The number of carbonyl (C=O) groups excluding carboxylic acids is 1. The maximum absolute atomic E-state index is 13.0. The van der Waals surface area contributed by atoms with Crippen LogP contribution in [0.4, 0.5) is 4.39 Å². The monoisotopic (exact) mass is 264 g/mol. The van der Waals surface area contributed by atoms with Crippen LogP contribution >= 0.6 is 0 Å². The Balaban J connectivity index is 2.11. The molecule has 3 atom stereocenters. The smallest absolute Gasteiger partial charge is 0.310 e. The number of hydrogen-bond acceptors (Lipinski definition) is 2. The first-order chi connectivity index (χ1) is 8.78.